The number of aryl methyl sites for hydroxylation is 1. The third kappa shape index (κ3) is 2.98. The van der Waals surface area contributed by atoms with Gasteiger partial charge in [-0.2, -0.15) is 0 Å². The van der Waals surface area contributed by atoms with E-state index in [0.29, 0.717) is 5.82 Å². The van der Waals surface area contributed by atoms with E-state index >= 15 is 0 Å². The van der Waals surface area contributed by atoms with E-state index in [9.17, 15) is 13.9 Å². The Morgan fingerprint density at radius 3 is 2.63 bits per heavy atom. The van der Waals surface area contributed by atoms with Crippen molar-refractivity contribution in [2.24, 2.45) is 0 Å². The molecule has 0 radical (unpaired) electrons. The molecule has 2 rings (SSSR count). The van der Waals surface area contributed by atoms with Crippen LogP contribution in [0.5, 0.6) is 0 Å². The molecule has 0 saturated heterocycles. The normalized spacial score (nSPS) is 12.6. The van der Waals surface area contributed by atoms with Crippen molar-refractivity contribution in [1.82, 2.24) is 9.55 Å². The average molecular weight is 266 g/mol. The zero-order valence-electron chi connectivity index (χ0n) is 10.7. The summed E-state index contributed by atoms with van der Waals surface area (Å²) in [7, 11) is 0. The zero-order valence-corrected chi connectivity index (χ0v) is 10.7. The van der Waals surface area contributed by atoms with Gasteiger partial charge < -0.3 is 9.67 Å². The number of nitrogens with zero attached hydrogens (tertiary/aromatic N) is 2. The summed E-state index contributed by atoms with van der Waals surface area (Å²) >= 11 is 0. The largest absolute Gasteiger partial charge is 0.388 e. The highest BCUT2D eigenvalue weighted by Crippen LogP contribution is 2.23. The van der Waals surface area contributed by atoms with Crippen molar-refractivity contribution in [1.29, 1.82) is 0 Å². The van der Waals surface area contributed by atoms with Gasteiger partial charge >= 0.3 is 0 Å². The molecule has 1 atom stereocenters. The molecule has 2 aromatic rings. The van der Waals surface area contributed by atoms with Crippen LogP contribution >= 0.6 is 0 Å². The van der Waals surface area contributed by atoms with Crippen molar-refractivity contribution >= 4 is 0 Å². The molecule has 5 heteroatoms. The van der Waals surface area contributed by atoms with Crippen LogP contribution in [0.2, 0.25) is 0 Å². The van der Waals surface area contributed by atoms with Crippen LogP contribution in [-0.4, -0.2) is 14.7 Å². The van der Waals surface area contributed by atoms with Gasteiger partial charge in [-0.05, 0) is 18.6 Å². The molecule has 1 unspecified atom stereocenters. The molecule has 0 aliphatic heterocycles. The highest BCUT2D eigenvalue weighted by atomic mass is 19.1. The van der Waals surface area contributed by atoms with Crippen LogP contribution in [0.1, 0.15) is 30.8 Å². The van der Waals surface area contributed by atoms with Crippen LogP contribution in [0, 0.1) is 11.6 Å². The molecule has 0 saturated carbocycles. The van der Waals surface area contributed by atoms with Crippen LogP contribution in [0.25, 0.3) is 0 Å². The summed E-state index contributed by atoms with van der Waals surface area (Å²) < 4.78 is 29.0. The molecule has 0 spiro atoms. The minimum atomic E-state index is -1.24. The lowest BCUT2D eigenvalue weighted by Crippen LogP contribution is -2.11. The maximum Gasteiger partial charge on any atom is 0.131 e. The summed E-state index contributed by atoms with van der Waals surface area (Å²) in [6.07, 6.45) is 3.19. The zero-order chi connectivity index (χ0) is 13.8. The standard InChI is InChI=1S/C14H16F2N2O/c1-2-7-18-8-6-17-13(18)9-12(19)14-10(15)4-3-5-11(14)16/h3-6,8,12,19H,2,7,9H2,1H3. The summed E-state index contributed by atoms with van der Waals surface area (Å²) in [4.78, 5) is 4.12. The molecule has 102 valence electrons. The Morgan fingerprint density at radius 2 is 2.00 bits per heavy atom. The fourth-order valence-corrected chi connectivity index (χ4v) is 2.08. The first-order valence-corrected chi connectivity index (χ1v) is 6.25. The first-order valence-electron chi connectivity index (χ1n) is 6.25. The maximum atomic E-state index is 13.6. The quantitative estimate of drug-likeness (QED) is 0.903. The highest BCUT2D eigenvalue weighted by Gasteiger charge is 2.19. The molecule has 0 fully saturated rings. The van der Waals surface area contributed by atoms with E-state index in [4.69, 9.17) is 0 Å². The van der Waals surface area contributed by atoms with Crippen molar-refractivity contribution < 1.29 is 13.9 Å². The predicted octanol–water partition coefficient (Wildman–Crippen LogP) is 2.85. The van der Waals surface area contributed by atoms with Gasteiger partial charge in [0, 0.05) is 25.4 Å². The molecule has 1 aromatic heterocycles. The molecule has 1 N–H and O–H groups in total. The Hall–Kier alpha value is -1.75. The Labute approximate surface area is 110 Å². The van der Waals surface area contributed by atoms with Gasteiger partial charge in [0.15, 0.2) is 0 Å². The second-order valence-electron chi connectivity index (χ2n) is 4.39. The van der Waals surface area contributed by atoms with E-state index in [0.717, 1.165) is 25.1 Å². The lowest BCUT2D eigenvalue weighted by molar-refractivity contribution is 0.164. The molecular formula is C14H16F2N2O. The number of benzene rings is 1. The van der Waals surface area contributed by atoms with Gasteiger partial charge in [-0.25, -0.2) is 13.8 Å². The van der Waals surface area contributed by atoms with Crippen molar-refractivity contribution in [3.63, 3.8) is 0 Å². The number of aromatic nitrogens is 2. The van der Waals surface area contributed by atoms with Crippen LogP contribution in [0.4, 0.5) is 8.78 Å². The number of halogens is 2. The number of aliphatic hydroxyl groups is 1. The van der Waals surface area contributed by atoms with Crippen LogP contribution < -0.4 is 0 Å². The molecule has 0 aliphatic carbocycles. The number of imidazole rings is 1. The lowest BCUT2D eigenvalue weighted by Gasteiger charge is -2.13. The van der Waals surface area contributed by atoms with E-state index in [1.165, 1.54) is 6.07 Å². The van der Waals surface area contributed by atoms with Gasteiger partial charge in [0.1, 0.15) is 17.5 Å². The number of hydrogen-bond acceptors (Lipinski definition) is 2. The van der Waals surface area contributed by atoms with Gasteiger partial charge in [-0.1, -0.05) is 13.0 Å². The molecule has 3 nitrogen and oxygen atoms in total. The molecule has 0 aliphatic rings. The SMILES string of the molecule is CCCn1ccnc1CC(O)c1c(F)cccc1F. The third-order valence-corrected chi connectivity index (χ3v) is 2.98. The van der Waals surface area contributed by atoms with Crippen molar-refractivity contribution in [2.75, 3.05) is 0 Å². The molecule has 1 heterocycles. The Kier molecular flexibility index (Phi) is 4.27. The molecular weight excluding hydrogens is 250 g/mol. The Balaban J connectivity index is 2.21. The highest BCUT2D eigenvalue weighted by molar-refractivity contribution is 5.23. The minimum Gasteiger partial charge on any atom is -0.388 e. The van der Waals surface area contributed by atoms with E-state index in [-0.39, 0.29) is 12.0 Å². The van der Waals surface area contributed by atoms with Crippen LogP contribution in [-0.2, 0) is 13.0 Å². The summed E-state index contributed by atoms with van der Waals surface area (Å²) in [6.45, 7) is 2.79. The van der Waals surface area contributed by atoms with Crippen LogP contribution in [0.3, 0.4) is 0 Å². The maximum absolute atomic E-state index is 13.6. The van der Waals surface area contributed by atoms with Gasteiger partial charge in [0.05, 0.1) is 11.7 Å². The summed E-state index contributed by atoms with van der Waals surface area (Å²) in [5, 5.41) is 10.0. The Morgan fingerprint density at radius 1 is 1.32 bits per heavy atom. The number of aliphatic hydroxyl groups excluding tert-OH is 1. The molecule has 19 heavy (non-hydrogen) atoms. The number of rotatable bonds is 5. The fraction of sp³-hybridized carbons (Fsp3) is 0.357. The predicted molar refractivity (Wildman–Crippen MR) is 67.5 cm³/mol. The first-order chi connectivity index (χ1) is 9.13. The van der Waals surface area contributed by atoms with Gasteiger partial charge in [-0.3, -0.25) is 0 Å². The van der Waals surface area contributed by atoms with E-state index in [2.05, 4.69) is 4.98 Å². The lowest BCUT2D eigenvalue weighted by atomic mass is 10.0. The molecule has 0 bridgehead atoms. The summed E-state index contributed by atoms with van der Waals surface area (Å²) in [6, 6.07) is 3.55. The first kappa shape index (κ1) is 13.7. The number of hydrogen-bond donors (Lipinski definition) is 1. The van der Waals surface area contributed by atoms with Gasteiger partial charge in [0.25, 0.3) is 0 Å². The summed E-state index contributed by atoms with van der Waals surface area (Å²) in [5.74, 6) is -0.848. The van der Waals surface area contributed by atoms with E-state index in [1.54, 1.807) is 12.4 Å². The van der Waals surface area contributed by atoms with Gasteiger partial charge in [-0.15, -0.1) is 0 Å². The monoisotopic (exact) mass is 266 g/mol. The fourth-order valence-electron chi connectivity index (χ4n) is 2.08. The second-order valence-corrected chi connectivity index (χ2v) is 4.39. The summed E-state index contributed by atoms with van der Waals surface area (Å²) in [5.41, 5.74) is -0.298. The average Bonchev–Trinajstić information content (AvgIpc) is 2.77. The topological polar surface area (TPSA) is 38.0 Å². The molecule has 0 amide bonds. The van der Waals surface area contributed by atoms with Crippen molar-refractivity contribution in [3.05, 3.63) is 53.6 Å². The third-order valence-electron chi connectivity index (χ3n) is 2.98. The Bertz CT molecular complexity index is 534. The van der Waals surface area contributed by atoms with Crippen molar-refractivity contribution in [2.45, 2.75) is 32.4 Å². The molecule has 1 aromatic carbocycles. The van der Waals surface area contributed by atoms with E-state index < -0.39 is 17.7 Å². The minimum absolute atomic E-state index is 0.0881. The van der Waals surface area contributed by atoms with Gasteiger partial charge in [0.2, 0.25) is 0 Å². The van der Waals surface area contributed by atoms with Crippen LogP contribution in [0.15, 0.2) is 30.6 Å². The second kappa shape index (κ2) is 5.93. The smallest absolute Gasteiger partial charge is 0.131 e. The van der Waals surface area contributed by atoms with E-state index in [1.807, 2.05) is 11.5 Å². The van der Waals surface area contributed by atoms with Crippen molar-refractivity contribution in [3.8, 4) is 0 Å².